The number of hydrogen-bond donors (Lipinski definition) is 0. The van der Waals surface area contributed by atoms with E-state index < -0.39 is 54.4 Å². The third kappa shape index (κ3) is 7.90. The van der Waals surface area contributed by atoms with E-state index in [2.05, 4.69) is 0 Å². The fraction of sp³-hybridized carbons (Fsp3) is 0.367. The Labute approximate surface area is 250 Å². The van der Waals surface area contributed by atoms with Gasteiger partial charge in [-0.1, -0.05) is 23.7 Å². The second-order valence-electron chi connectivity index (χ2n) is 9.69. The van der Waals surface area contributed by atoms with E-state index >= 15 is 0 Å². The van der Waals surface area contributed by atoms with Crippen LogP contribution in [0.15, 0.2) is 57.9 Å². The molecular formula is C30H29ClO12. The van der Waals surface area contributed by atoms with Gasteiger partial charge in [-0.15, -0.1) is 0 Å². The Bertz CT molecular complexity index is 1560. The summed E-state index contributed by atoms with van der Waals surface area (Å²) in [6, 6.07) is 11.4. The third-order valence-electron chi connectivity index (χ3n) is 6.40. The van der Waals surface area contributed by atoms with Crippen LogP contribution < -0.4 is 10.2 Å². The molecule has 0 aliphatic carbocycles. The summed E-state index contributed by atoms with van der Waals surface area (Å²) >= 11 is 5.95. The molecule has 0 radical (unpaired) electrons. The van der Waals surface area contributed by atoms with E-state index in [-0.39, 0.29) is 30.0 Å². The Morgan fingerprint density at radius 1 is 0.767 bits per heavy atom. The highest BCUT2D eigenvalue weighted by molar-refractivity contribution is 6.30. The molecule has 0 amide bonds. The highest BCUT2D eigenvalue weighted by Crippen LogP contribution is 2.31. The van der Waals surface area contributed by atoms with E-state index in [1.807, 2.05) is 0 Å². The molecule has 1 fully saturated rings. The Morgan fingerprint density at radius 3 is 1.93 bits per heavy atom. The number of benzene rings is 2. The molecule has 12 nitrogen and oxygen atoms in total. The van der Waals surface area contributed by atoms with Gasteiger partial charge in [0.2, 0.25) is 0 Å². The summed E-state index contributed by atoms with van der Waals surface area (Å²) in [6.45, 7) is 4.01. The molecule has 5 atom stereocenters. The largest absolute Gasteiger partial charge is 0.491 e. The number of rotatable bonds is 9. The zero-order valence-corrected chi connectivity index (χ0v) is 24.5. The van der Waals surface area contributed by atoms with Gasteiger partial charge in [-0.25, -0.2) is 0 Å². The molecule has 2 heterocycles. The van der Waals surface area contributed by atoms with Crippen LogP contribution >= 0.6 is 11.6 Å². The van der Waals surface area contributed by atoms with Crippen LogP contribution in [0.3, 0.4) is 0 Å². The average Bonchev–Trinajstić information content (AvgIpc) is 2.93. The van der Waals surface area contributed by atoms with Gasteiger partial charge in [0, 0.05) is 38.8 Å². The van der Waals surface area contributed by atoms with Gasteiger partial charge in [-0.3, -0.25) is 24.0 Å². The number of halogens is 1. The zero-order valence-electron chi connectivity index (χ0n) is 23.7. The van der Waals surface area contributed by atoms with Crippen molar-refractivity contribution in [1.82, 2.24) is 0 Å². The highest BCUT2D eigenvalue weighted by Gasteiger charge is 2.52. The minimum absolute atomic E-state index is 0.252. The molecule has 1 aliphatic heterocycles. The normalized spacial score (nSPS) is 21.5. The van der Waals surface area contributed by atoms with Gasteiger partial charge in [-0.2, -0.15) is 0 Å². The van der Waals surface area contributed by atoms with Crippen molar-refractivity contribution in [1.29, 1.82) is 0 Å². The molecule has 1 saturated heterocycles. The lowest BCUT2D eigenvalue weighted by atomic mass is 9.94. The monoisotopic (exact) mass is 616 g/mol. The molecule has 1 aromatic heterocycles. The molecule has 0 spiro atoms. The highest BCUT2D eigenvalue weighted by atomic mass is 35.5. The molecule has 0 saturated carbocycles. The lowest BCUT2D eigenvalue weighted by Crippen LogP contribution is -2.63. The van der Waals surface area contributed by atoms with E-state index in [0.717, 1.165) is 20.8 Å². The number of carbonyl (C=O) groups excluding carboxylic acids is 4. The molecule has 3 aromatic rings. The fourth-order valence-corrected chi connectivity index (χ4v) is 4.78. The van der Waals surface area contributed by atoms with Crippen LogP contribution in [0.2, 0.25) is 5.02 Å². The molecule has 0 bridgehead atoms. The van der Waals surface area contributed by atoms with Gasteiger partial charge in [0.05, 0.1) is 10.9 Å². The maximum Gasteiger partial charge on any atom is 0.303 e. The summed E-state index contributed by atoms with van der Waals surface area (Å²) in [7, 11) is 0. The van der Waals surface area contributed by atoms with Crippen LogP contribution in [0, 0.1) is 0 Å². The number of esters is 4. The predicted molar refractivity (Wildman–Crippen MR) is 150 cm³/mol. The molecule has 0 unspecified atom stereocenters. The van der Waals surface area contributed by atoms with Crippen molar-refractivity contribution < 1.29 is 52.0 Å². The van der Waals surface area contributed by atoms with E-state index in [1.54, 1.807) is 36.4 Å². The Balaban J connectivity index is 1.61. The Morgan fingerprint density at radius 2 is 1.35 bits per heavy atom. The summed E-state index contributed by atoms with van der Waals surface area (Å²) in [6.07, 6.45) is -4.68. The van der Waals surface area contributed by atoms with Gasteiger partial charge in [0.1, 0.15) is 43.0 Å². The number of fused-ring (bicyclic) bond motifs is 1. The molecule has 43 heavy (non-hydrogen) atoms. The molecule has 228 valence electrons. The van der Waals surface area contributed by atoms with Crippen molar-refractivity contribution in [2.75, 3.05) is 13.2 Å². The van der Waals surface area contributed by atoms with Crippen LogP contribution in [0.1, 0.15) is 27.7 Å². The Kier molecular flexibility index (Phi) is 10.0. The van der Waals surface area contributed by atoms with E-state index in [4.69, 9.17) is 44.4 Å². The Hall–Kier alpha value is -4.42. The minimum atomic E-state index is -1.31. The van der Waals surface area contributed by atoms with Crippen molar-refractivity contribution in [3.8, 4) is 16.9 Å². The number of hydrogen-bond acceptors (Lipinski definition) is 12. The first kappa shape index (κ1) is 31.5. The van der Waals surface area contributed by atoms with Crippen molar-refractivity contribution in [2.24, 2.45) is 0 Å². The maximum absolute atomic E-state index is 13.1. The summed E-state index contributed by atoms with van der Waals surface area (Å²) in [5, 5.41) is 0.847. The third-order valence-corrected chi connectivity index (χ3v) is 6.65. The maximum atomic E-state index is 13.1. The smallest absolute Gasteiger partial charge is 0.303 e. The van der Waals surface area contributed by atoms with Crippen LogP contribution in [0.25, 0.3) is 22.1 Å². The van der Waals surface area contributed by atoms with Crippen LogP contribution in [-0.2, 0) is 42.9 Å². The summed E-state index contributed by atoms with van der Waals surface area (Å²) in [5.74, 6) is -2.54. The topological polar surface area (TPSA) is 154 Å². The van der Waals surface area contributed by atoms with E-state index in [1.165, 1.54) is 19.3 Å². The lowest BCUT2D eigenvalue weighted by molar-refractivity contribution is -0.255. The van der Waals surface area contributed by atoms with Crippen LogP contribution in [0.5, 0.6) is 5.75 Å². The first-order valence-electron chi connectivity index (χ1n) is 13.2. The number of carbonyl (C=O) groups is 4. The zero-order chi connectivity index (χ0) is 31.3. The van der Waals surface area contributed by atoms with Crippen molar-refractivity contribution in [3.05, 3.63) is 64.0 Å². The van der Waals surface area contributed by atoms with Crippen LogP contribution in [-0.4, -0.2) is 67.6 Å². The van der Waals surface area contributed by atoms with Gasteiger partial charge in [-0.05, 0) is 29.8 Å². The lowest BCUT2D eigenvalue weighted by Gasteiger charge is -2.44. The first-order chi connectivity index (χ1) is 20.4. The second kappa shape index (κ2) is 13.7. The van der Waals surface area contributed by atoms with Gasteiger partial charge in [0.15, 0.2) is 23.7 Å². The van der Waals surface area contributed by atoms with Crippen LogP contribution in [0.4, 0.5) is 0 Å². The summed E-state index contributed by atoms with van der Waals surface area (Å²) < 4.78 is 39.0. The molecular weight excluding hydrogens is 588 g/mol. The minimum Gasteiger partial charge on any atom is -0.491 e. The van der Waals surface area contributed by atoms with Crippen molar-refractivity contribution in [3.63, 3.8) is 0 Å². The number of ether oxygens (including phenoxy) is 6. The standard InChI is InChI=1S/C30H29ClO12/c1-15(32)37-13-25-28(40-16(2)33)30(42-18(4)35)29(41-17(3)34)26(43-25)14-38-21-9-10-22-24(11-21)39-12-23(27(22)36)19-5-7-20(31)8-6-19/h5-12,25-26,28-30H,13-14H2,1-4H3/t25-,26+,28-,29+,30+/m1/s1. The molecule has 13 heteroatoms. The second-order valence-corrected chi connectivity index (χ2v) is 10.1. The van der Waals surface area contributed by atoms with Gasteiger partial charge >= 0.3 is 23.9 Å². The first-order valence-corrected chi connectivity index (χ1v) is 13.6. The van der Waals surface area contributed by atoms with Gasteiger partial charge < -0.3 is 32.8 Å². The summed E-state index contributed by atoms with van der Waals surface area (Å²) in [4.78, 5) is 60.6. The quantitative estimate of drug-likeness (QED) is 0.255. The predicted octanol–water partition coefficient (Wildman–Crippen LogP) is 3.62. The SMILES string of the molecule is CC(=O)OC[C@H]1O[C@@H](COc2ccc3c(=O)c(-c4ccc(Cl)cc4)coc3c2)[C@H](OC(C)=O)[C@@H](OC(C)=O)[C@@H]1OC(C)=O. The molecule has 2 aromatic carbocycles. The average molecular weight is 617 g/mol. The molecule has 4 rings (SSSR count). The van der Waals surface area contributed by atoms with Gasteiger partial charge in [0.25, 0.3) is 0 Å². The fourth-order valence-electron chi connectivity index (χ4n) is 4.66. The molecule has 1 aliphatic rings. The summed E-state index contributed by atoms with van der Waals surface area (Å²) in [5.41, 5.74) is 0.996. The molecule has 0 N–H and O–H groups in total. The van der Waals surface area contributed by atoms with E-state index in [9.17, 15) is 24.0 Å². The van der Waals surface area contributed by atoms with E-state index in [0.29, 0.717) is 21.5 Å². The van der Waals surface area contributed by atoms with Crippen molar-refractivity contribution >= 4 is 46.4 Å². The van der Waals surface area contributed by atoms with Crippen molar-refractivity contribution in [2.45, 2.75) is 58.2 Å².